The molecule has 1 aromatic heterocycles. The maximum absolute atomic E-state index is 13.5. The van der Waals surface area contributed by atoms with Crippen LogP contribution in [0.5, 0.6) is 0 Å². The molecule has 0 bridgehead atoms. The Morgan fingerprint density at radius 3 is 2.93 bits per heavy atom. The van der Waals surface area contributed by atoms with E-state index in [2.05, 4.69) is 20.6 Å². The van der Waals surface area contributed by atoms with Crippen molar-refractivity contribution in [3.8, 4) is 0 Å². The van der Waals surface area contributed by atoms with Crippen molar-refractivity contribution in [2.45, 2.75) is 32.0 Å². The fraction of sp³-hybridized carbons (Fsp3) is 0.526. The van der Waals surface area contributed by atoms with E-state index in [1.54, 1.807) is 6.07 Å². The fourth-order valence-corrected chi connectivity index (χ4v) is 3.51. The maximum Gasteiger partial charge on any atom is 0.401 e. The molecule has 0 amide bonds. The van der Waals surface area contributed by atoms with Crippen LogP contribution in [-0.2, 0) is 6.42 Å². The third-order valence-corrected chi connectivity index (χ3v) is 4.74. The molecule has 0 spiro atoms. The van der Waals surface area contributed by atoms with Crippen LogP contribution in [0.2, 0.25) is 0 Å². The van der Waals surface area contributed by atoms with Gasteiger partial charge in [0.25, 0.3) is 0 Å². The number of H-pyrrole nitrogens is 1. The summed E-state index contributed by atoms with van der Waals surface area (Å²) in [5.41, 5.74) is 1.85. The molecule has 1 aliphatic heterocycles. The SMILES string of the molecule is CCNC(=NCCc1c[nH]c2ccc(F)cc12)NC1CCN(CC(F)(F)F)C1. The van der Waals surface area contributed by atoms with Crippen molar-refractivity contribution in [3.63, 3.8) is 0 Å². The van der Waals surface area contributed by atoms with Crippen LogP contribution in [0.1, 0.15) is 18.9 Å². The number of aromatic nitrogens is 1. The molecule has 0 aliphatic carbocycles. The highest BCUT2D eigenvalue weighted by atomic mass is 19.4. The zero-order chi connectivity index (χ0) is 20.1. The highest BCUT2D eigenvalue weighted by Gasteiger charge is 2.34. The lowest BCUT2D eigenvalue weighted by molar-refractivity contribution is -0.143. The number of aromatic amines is 1. The molecule has 1 unspecified atom stereocenters. The van der Waals surface area contributed by atoms with Crippen molar-refractivity contribution in [2.24, 2.45) is 4.99 Å². The molecule has 1 atom stereocenters. The molecule has 2 heterocycles. The van der Waals surface area contributed by atoms with Crippen LogP contribution in [0.15, 0.2) is 29.4 Å². The molecule has 9 heteroatoms. The number of hydrogen-bond donors (Lipinski definition) is 3. The van der Waals surface area contributed by atoms with Gasteiger partial charge in [0.2, 0.25) is 0 Å². The van der Waals surface area contributed by atoms with Crippen LogP contribution < -0.4 is 10.6 Å². The molecule has 1 aromatic carbocycles. The Morgan fingerprint density at radius 2 is 2.18 bits per heavy atom. The molecule has 3 rings (SSSR count). The molecule has 154 valence electrons. The van der Waals surface area contributed by atoms with Crippen molar-refractivity contribution in [1.29, 1.82) is 0 Å². The van der Waals surface area contributed by atoms with Gasteiger partial charge in [-0.1, -0.05) is 0 Å². The molecule has 28 heavy (non-hydrogen) atoms. The molecule has 1 aliphatic rings. The average molecular weight is 399 g/mol. The Balaban J connectivity index is 1.56. The van der Waals surface area contributed by atoms with Gasteiger partial charge in [-0.05, 0) is 43.5 Å². The molecular weight excluding hydrogens is 374 g/mol. The van der Waals surface area contributed by atoms with Gasteiger partial charge in [-0.2, -0.15) is 13.2 Å². The molecule has 2 aromatic rings. The average Bonchev–Trinajstić information content (AvgIpc) is 3.20. The van der Waals surface area contributed by atoms with E-state index in [-0.39, 0.29) is 11.9 Å². The predicted octanol–water partition coefficient (Wildman–Crippen LogP) is 3.04. The number of rotatable bonds is 6. The number of alkyl halides is 3. The minimum absolute atomic E-state index is 0.0673. The second-order valence-corrected chi connectivity index (χ2v) is 6.99. The fourth-order valence-electron chi connectivity index (χ4n) is 3.51. The van der Waals surface area contributed by atoms with E-state index in [1.807, 2.05) is 13.1 Å². The molecule has 0 saturated carbocycles. The summed E-state index contributed by atoms with van der Waals surface area (Å²) in [6, 6.07) is 4.55. The van der Waals surface area contributed by atoms with Gasteiger partial charge >= 0.3 is 6.18 Å². The summed E-state index contributed by atoms with van der Waals surface area (Å²) < 4.78 is 51.1. The summed E-state index contributed by atoms with van der Waals surface area (Å²) in [5.74, 6) is 0.309. The number of fused-ring (bicyclic) bond motifs is 1. The first kappa shape index (κ1) is 20.4. The number of hydrogen-bond acceptors (Lipinski definition) is 2. The lowest BCUT2D eigenvalue weighted by Gasteiger charge is -2.19. The van der Waals surface area contributed by atoms with Crippen molar-refractivity contribution in [2.75, 3.05) is 32.7 Å². The molecule has 0 radical (unpaired) electrons. The summed E-state index contributed by atoms with van der Waals surface area (Å²) in [5, 5.41) is 7.19. The first-order valence-corrected chi connectivity index (χ1v) is 9.43. The minimum Gasteiger partial charge on any atom is -0.361 e. The number of likely N-dealkylation sites (tertiary alicyclic amines) is 1. The van der Waals surface area contributed by atoms with Gasteiger partial charge in [-0.3, -0.25) is 9.89 Å². The zero-order valence-corrected chi connectivity index (χ0v) is 15.7. The normalized spacial score (nSPS) is 18.8. The van der Waals surface area contributed by atoms with Gasteiger partial charge in [-0.25, -0.2) is 4.39 Å². The van der Waals surface area contributed by atoms with Crippen LogP contribution in [-0.4, -0.2) is 60.8 Å². The van der Waals surface area contributed by atoms with E-state index in [9.17, 15) is 17.6 Å². The van der Waals surface area contributed by atoms with Crippen molar-refractivity contribution in [3.05, 3.63) is 35.8 Å². The summed E-state index contributed by atoms with van der Waals surface area (Å²) in [6.45, 7) is 2.95. The van der Waals surface area contributed by atoms with E-state index in [0.717, 1.165) is 16.5 Å². The molecule has 3 N–H and O–H groups in total. The number of aliphatic imine (C=N–C) groups is 1. The van der Waals surface area contributed by atoms with Crippen molar-refractivity contribution in [1.82, 2.24) is 20.5 Å². The van der Waals surface area contributed by atoms with Crippen LogP contribution >= 0.6 is 0 Å². The van der Waals surface area contributed by atoms with Gasteiger partial charge in [0.15, 0.2) is 5.96 Å². The Bertz CT molecular complexity index is 814. The van der Waals surface area contributed by atoms with E-state index in [4.69, 9.17) is 0 Å². The van der Waals surface area contributed by atoms with Gasteiger partial charge in [-0.15, -0.1) is 0 Å². The van der Waals surface area contributed by atoms with Crippen molar-refractivity contribution < 1.29 is 17.6 Å². The highest BCUT2D eigenvalue weighted by Crippen LogP contribution is 2.21. The Labute approximate surface area is 161 Å². The minimum atomic E-state index is -4.17. The predicted molar refractivity (Wildman–Crippen MR) is 102 cm³/mol. The molecule has 5 nitrogen and oxygen atoms in total. The van der Waals surface area contributed by atoms with Gasteiger partial charge in [0.1, 0.15) is 5.82 Å². The monoisotopic (exact) mass is 399 g/mol. The van der Waals surface area contributed by atoms with E-state index in [1.165, 1.54) is 17.0 Å². The number of halogens is 4. The first-order valence-electron chi connectivity index (χ1n) is 9.43. The zero-order valence-electron chi connectivity index (χ0n) is 15.7. The summed E-state index contributed by atoms with van der Waals surface area (Å²) >= 11 is 0. The third-order valence-electron chi connectivity index (χ3n) is 4.74. The van der Waals surface area contributed by atoms with E-state index in [0.29, 0.717) is 45.0 Å². The molecule has 1 fully saturated rings. The standard InChI is InChI=1S/C19H25F4N5/c1-2-24-18(27-15-6-8-28(11-15)12-19(21,22)23)25-7-5-13-10-26-17-4-3-14(20)9-16(13)17/h3-4,9-10,15,26H,2,5-8,11-12H2,1H3,(H2,24,25,27). The number of nitrogens with one attached hydrogen (secondary N) is 3. The van der Waals surface area contributed by atoms with Crippen molar-refractivity contribution >= 4 is 16.9 Å². The highest BCUT2D eigenvalue weighted by molar-refractivity contribution is 5.83. The van der Waals surface area contributed by atoms with E-state index < -0.39 is 12.7 Å². The third kappa shape index (κ3) is 5.60. The maximum atomic E-state index is 13.5. The molecular formula is C19H25F4N5. The lowest BCUT2D eigenvalue weighted by Crippen LogP contribution is -2.45. The first-order chi connectivity index (χ1) is 13.3. The van der Waals surface area contributed by atoms with Gasteiger partial charge < -0.3 is 15.6 Å². The molecule has 1 saturated heterocycles. The number of guanidine groups is 1. The Kier molecular flexibility index (Phi) is 6.43. The van der Waals surface area contributed by atoms with Crippen LogP contribution in [0.25, 0.3) is 10.9 Å². The van der Waals surface area contributed by atoms with E-state index >= 15 is 0 Å². The summed E-state index contributed by atoms with van der Waals surface area (Å²) in [4.78, 5) is 9.05. The van der Waals surface area contributed by atoms with Gasteiger partial charge in [0, 0.05) is 49.3 Å². The Hall–Kier alpha value is -2.29. The number of nitrogens with zero attached hydrogens (tertiary/aromatic N) is 2. The second kappa shape index (κ2) is 8.81. The topological polar surface area (TPSA) is 55.5 Å². The van der Waals surface area contributed by atoms with Crippen LogP contribution in [0.4, 0.5) is 17.6 Å². The Morgan fingerprint density at radius 1 is 1.36 bits per heavy atom. The number of benzene rings is 1. The quantitative estimate of drug-likeness (QED) is 0.398. The largest absolute Gasteiger partial charge is 0.401 e. The second-order valence-electron chi connectivity index (χ2n) is 6.99. The smallest absolute Gasteiger partial charge is 0.361 e. The van der Waals surface area contributed by atoms with Gasteiger partial charge in [0.05, 0.1) is 6.54 Å². The summed E-state index contributed by atoms with van der Waals surface area (Å²) in [7, 11) is 0. The van der Waals surface area contributed by atoms with Crippen LogP contribution in [0.3, 0.4) is 0 Å². The van der Waals surface area contributed by atoms with Crippen LogP contribution in [0, 0.1) is 5.82 Å². The lowest BCUT2D eigenvalue weighted by atomic mass is 10.1. The summed E-state index contributed by atoms with van der Waals surface area (Å²) in [6.07, 6.45) is -1.05.